The Balaban J connectivity index is 1.38. The summed E-state index contributed by atoms with van der Waals surface area (Å²) >= 11 is 1.55. The first-order valence-electron chi connectivity index (χ1n) is 9.11. The van der Waals surface area contributed by atoms with Crippen molar-refractivity contribution in [3.63, 3.8) is 0 Å². The maximum atomic E-state index is 12.4. The first kappa shape index (κ1) is 19.7. The van der Waals surface area contributed by atoms with Crippen LogP contribution in [-0.2, 0) is 34.2 Å². The van der Waals surface area contributed by atoms with Gasteiger partial charge in [0.1, 0.15) is 0 Å². The van der Waals surface area contributed by atoms with Crippen LogP contribution in [0.4, 0.5) is 5.69 Å². The number of nitrogens with one attached hydrogen (secondary N) is 1. The molecule has 0 atom stereocenters. The van der Waals surface area contributed by atoms with Crippen LogP contribution in [0.15, 0.2) is 39.5 Å². The van der Waals surface area contributed by atoms with Gasteiger partial charge < -0.3 is 9.84 Å². The number of rotatable bonds is 6. The molecule has 3 aromatic rings. The van der Waals surface area contributed by atoms with Crippen molar-refractivity contribution in [3.05, 3.63) is 52.0 Å². The standard InChI is InChI=1S/C19H20N4O4S2/c1-29(25,26)23-9-7-15-13(11-23)3-2-4-16(15)20-17(24)5-6-18-21-19(22-27-18)14-8-10-28-12-14/h2-4,8,10,12H,5-7,9,11H2,1H3,(H,20,24). The van der Waals surface area contributed by atoms with Crippen LogP contribution in [0.5, 0.6) is 0 Å². The molecule has 4 rings (SSSR count). The third-order valence-electron chi connectivity index (χ3n) is 4.79. The smallest absolute Gasteiger partial charge is 0.227 e. The van der Waals surface area contributed by atoms with E-state index < -0.39 is 10.0 Å². The van der Waals surface area contributed by atoms with Crippen molar-refractivity contribution in [2.24, 2.45) is 0 Å². The van der Waals surface area contributed by atoms with Crippen molar-refractivity contribution < 1.29 is 17.7 Å². The summed E-state index contributed by atoms with van der Waals surface area (Å²) in [5, 5.41) is 10.7. The van der Waals surface area contributed by atoms with Crippen molar-refractivity contribution in [2.75, 3.05) is 18.1 Å². The minimum absolute atomic E-state index is 0.153. The van der Waals surface area contributed by atoms with Crippen molar-refractivity contribution in [1.82, 2.24) is 14.4 Å². The maximum absolute atomic E-state index is 12.4. The molecule has 1 N–H and O–H groups in total. The van der Waals surface area contributed by atoms with E-state index in [0.29, 0.717) is 37.6 Å². The summed E-state index contributed by atoms with van der Waals surface area (Å²) in [5.74, 6) is 0.786. The Kier molecular flexibility index (Phi) is 5.48. The molecule has 0 spiro atoms. The molecule has 0 saturated carbocycles. The predicted molar refractivity (Wildman–Crippen MR) is 110 cm³/mol. The molecule has 29 heavy (non-hydrogen) atoms. The van der Waals surface area contributed by atoms with Gasteiger partial charge in [-0.15, -0.1) is 0 Å². The summed E-state index contributed by atoms with van der Waals surface area (Å²) in [7, 11) is -3.23. The lowest BCUT2D eigenvalue weighted by Crippen LogP contribution is -2.35. The normalized spacial score (nSPS) is 14.5. The second-order valence-electron chi connectivity index (χ2n) is 6.86. The Bertz CT molecular complexity index is 1120. The number of aromatic nitrogens is 2. The van der Waals surface area contributed by atoms with E-state index in [-0.39, 0.29) is 12.3 Å². The molecule has 3 heterocycles. The number of sulfonamides is 1. The highest BCUT2D eigenvalue weighted by Crippen LogP contribution is 2.27. The number of fused-ring (bicyclic) bond motifs is 1. The van der Waals surface area contributed by atoms with Gasteiger partial charge in [0.15, 0.2) is 0 Å². The van der Waals surface area contributed by atoms with Gasteiger partial charge in [-0.05, 0) is 35.1 Å². The third-order valence-corrected chi connectivity index (χ3v) is 6.72. The minimum atomic E-state index is -3.23. The molecule has 0 bridgehead atoms. The Morgan fingerprint density at radius 1 is 1.34 bits per heavy atom. The summed E-state index contributed by atoms with van der Waals surface area (Å²) < 4.78 is 30.3. The number of carbonyl (C=O) groups excluding carboxylic acids is 1. The highest BCUT2D eigenvalue weighted by atomic mass is 32.2. The first-order chi connectivity index (χ1) is 13.9. The van der Waals surface area contributed by atoms with Crippen molar-refractivity contribution in [2.45, 2.75) is 25.8 Å². The van der Waals surface area contributed by atoms with Crippen LogP contribution in [0.3, 0.4) is 0 Å². The molecule has 152 valence electrons. The largest absolute Gasteiger partial charge is 0.339 e. The van der Waals surface area contributed by atoms with Gasteiger partial charge in [0.25, 0.3) is 0 Å². The van der Waals surface area contributed by atoms with Gasteiger partial charge in [0, 0.05) is 42.6 Å². The monoisotopic (exact) mass is 432 g/mol. The van der Waals surface area contributed by atoms with E-state index in [4.69, 9.17) is 4.52 Å². The topological polar surface area (TPSA) is 105 Å². The van der Waals surface area contributed by atoms with Gasteiger partial charge in [-0.3, -0.25) is 4.79 Å². The molecular formula is C19H20N4O4S2. The number of anilines is 1. The molecule has 0 fully saturated rings. The fourth-order valence-corrected chi connectivity index (χ4v) is 4.71. The van der Waals surface area contributed by atoms with Crippen LogP contribution in [0.2, 0.25) is 0 Å². The second kappa shape index (κ2) is 8.05. The zero-order valence-corrected chi connectivity index (χ0v) is 17.4. The summed E-state index contributed by atoms with van der Waals surface area (Å²) in [6.45, 7) is 0.733. The molecular weight excluding hydrogens is 412 g/mol. The summed E-state index contributed by atoms with van der Waals surface area (Å²) in [6.07, 6.45) is 2.34. The molecule has 0 aliphatic carbocycles. The lowest BCUT2D eigenvalue weighted by Gasteiger charge is -2.28. The predicted octanol–water partition coefficient (Wildman–Crippen LogP) is 2.69. The molecule has 10 heteroatoms. The zero-order valence-electron chi connectivity index (χ0n) is 15.8. The van der Waals surface area contributed by atoms with E-state index in [1.54, 1.807) is 11.3 Å². The summed E-state index contributed by atoms with van der Waals surface area (Å²) in [5.41, 5.74) is 3.52. The van der Waals surface area contributed by atoms with Crippen LogP contribution in [0.1, 0.15) is 23.4 Å². The van der Waals surface area contributed by atoms with Crippen LogP contribution >= 0.6 is 11.3 Å². The lowest BCUT2D eigenvalue weighted by atomic mass is 9.99. The van der Waals surface area contributed by atoms with Crippen LogP contribution in [-0.4, -0.2) is 41.6 Å². The average Bonchev–Trinajstić information content (AvgIpc) is 3.37. The van der Waals surface area contributed by atoms with Gasteiger partial charge in [-0.2, -0.15) is 20.6 Å². The summed E-state index contributed by atoms with van der Waals surface area (Å²) in [6, 6.07) is 7.47. The van der Waals surface area contributed by atoms with E-state index in [9.17, 15) is 13.2 Å². The number of hydrogen-bond acceptors (Lipinski definition) is 7. The maximum Gasteiger partial charge on any atom is 0.227 e. The average molecular weight is 433 g/mol. The van der Waals surface area contributed by atoms with E-state index in [0.717, 1.165) is 22.4 Å². The molecule has 8 nitrogen and oxygen atoms in total. The van der Waals surface area contributed by atoms with Gasteiger partial charge in [0.05, 0.1) is 6.26 Å². The van der Waals surface area contributed by atoms with Crippen molar-refractivity contribution in [1.29, 1.82) is 0 Å². The van der Waals surface area contributed by atoms with Crippen LogP contribution in [0.25, 0.3) is 11.4 Å². The molecule has 0 unspecified atom stereocenters. The van der Waals surface area contributed by atoms with E-state index >= 15 is 0 Å². The number of benzene rings is 1. The third kappa shape index (κ3) is 4.55. The van der Waals surface area contributed by atoms with E-state index in [1.165, 1.54) is 10.6 Å². The Hall–Kier alpha value is -2.56. The first-order valence-corrected chi connectivity index (χ1v) is 11.9. The summed E-state index contributed by atoms with van der Waals surface area (Å²) in [4.78, 5) is 16.7. The lowest BCUT2D eigenvalue weighted by molar-refractivity contribution is -0.116. The number of aryl methyl sites for hydroxylation is 1. The Morgan fingerprint density at radius 3 is 2.97 bits per heavy atom. The number of amides is 1. The highest BCUT2D eigenvalue weighted by Gasteiger charge is 2.25. The highest BCUT2D eigenvalue weighted by molar-refractivity contribution is 7.88. The van der Waals surface area contributed by atoms with Crippen LogP contribution in [0, 0.1) is 0 Å². The zero-order chi connectivity index (χ0) is 20.4. The number of thiophene rings is 1. The van der Waals surface area contributed by atoms with Crippen LogP contribution < -0.4 is 5.32 Å². The second-order valence-corrected chi connectivity index (χ2v) is 9.62. The quantitative estimate of drug-likeness (QED) is 0.642. The Morgan fingerprint density at radius 2 is 2.21 bits per heavy atom. The van der Waals surface area contributed by atoms with Crippen molar-refractivity contribution >= 4 is 33.0 Å². The van der Waals surface area contributed by atoms with Gasteiger partial charge in [-0.25, -0.2) is 8.42 Å². The fourth-order valence-electron chi connectivity index (χ4n) is 3.28. The number of carbonyl (C=O) groups is 1. The van der Waals surface area contributed by atoms with E-state index in [1.807, 2.05) is 35.0 Å². The Labute approximate surface area is 172 Å². The SMILES string of the molecule is CS(=O)(=O)N1CCc2c(cccc2NC(=O)CCc2nc(-c3ccsc3)no2)C1. The molecule has 1 amide bonds. The fraction of sp³-hybridized carbons (Fsp3) is 0.316. The van der Waals surface area contributed by atoms with Gasteiger partial charge in [0.2, 0.25) is 27.6 Å². The molecule has 0 saturated heterocycles. The van der Waals surface area contributed by atoms with Crippen molar-refractivity contribution in [3.8, 4) is 11.4 Å². The molecule has 0 radical (unpaired) electrons. The molecule has 1 aromatic carbocycles. The number of hydrogen-bond donors (Lipinski definition) is 1. The molecule has 1 aliphatic rings. The minimum Gasteiger partial charge on any atom is -0.339 e. The number of nitrogens with zero attached hydrogens (tertiary/aromatic N) is 3. The molecule has 1 aliphatic heterocycles. The molecule has 2 aromatic heterocycles. The van der Waals surface area contributed by atoms with Gasteiger partial charge >= 0.3 is 0 Å². The van der Waals surface area contributed by atoms with Gasteiger partial charge in [-0.1, -0.05) is 17.3 Å². The van der Waals surface area contributed by atoms with E-state index in [2.05, 4.69) is 15.5 Å².